The lowest BCUT2D eigenvalue weighted by Crippen LogP contribution is -2.76. The maximum atomic E-state index is 2.78. The van der Waals surface area contributed by atoms with Crippen molar-refractivity contribution in [2.75, 3.05) is 0 Å². The molecule has 10 rings (SSSR count). The SMILES string of the molecule is CC1=CC(C)([Si](c2c(C)c(Cc3ccccc3)cc(Cc3ccccc3)c2C)(c2c(C)c(Cc3ccccc3)cc(Cc3ccccc3)c2C)c2c(C)c(Cc3ccccc3)cc(Cc3ccccc3)c2C)C(C)=C1C. The molecule has 9 aromatic rings. The molecule has 0 nitrogen and oxygen atoms in total. The van der Waals surface area contributed by atoms with E-state index < -0.39 is 8.07 Å². The van der Waals surface area contributed by atoms with E-state index in [1.54, 1.807) is 15.6 Å². The molecular weight excluding hydrogens is 929 g/mol. The van der Waals surface area contributed by atoms with E-state index in [0.29, 0.717) is 0 Å². The Kier molecular flexibility index (Phi) is 15.2. The Morgan fingerprint density at radius 3 is 0.658 bits per heavy atom. The summed E-state index contributed by atoms with van der Waals surface area (Å²) >= 11 is 0. The van der Waals surface area contributed by atoms with Gasteiger partial charge in [-0.05, 0) is 222 Å². The minimum Gasteiger partial charge on any atom is -0.0730 e. The number of rotatable bonds is 16. The van der Waals surface area contributed by atoms with Crippen molar-refractivity contribution in [2.24, 2.45) is 0 Å². The largest absolute Gasteiger partial charge is 0.163 e. The lowest BCUT2D eigenvalue weighted by molar-refractivity contribution is 0.865. The summed E-state index contributed by atoms with van der Waals surface area (Å²) in [5.74, 6) is 0. The molecule has 0 radical (unpaired) electrons. The zero-order valence-corrected chi connectivity index (χ0v) is 47.9. The molecular formula is C75H76Si. The predicted octanol–water partition coefficient (Wildman–Crippen LogP) is 16.6. The summed E-state index contributed by atoms with van der Waals surface area (Å²) in [7, 11) is -3.55. The average molecular weight is 1010 g/mol. The molecule has 0 aliphatic heterocycles. The van der Waals surface area contributed by atoms with Crippen LogP contribution in [-0.4, -0.2) is 8.07 Å². The van der Waals surface area contributed by atoms with E-state index in [1.165, 1.54) is 117 Å². The van der Waals surface area contributed by atoms with Crippen molar-refractivity contribution in [3.63, 3.8) is 0 Å². The van der Waals surface area contributed by atoms with E-state index in [-0.39, 0.29) is 5.04 Å². The molecule has 0 amide bonds. The van der Waals surface area contributed by atoms with Crippen molar-refractivity contribution in [3.05, 3.63) is 323 Å². The second-order valence-corrected chi connectivity index (χ2v) is 26.5. The Hall–Kier alpha value is -7.32. The standard InChI is InChI=1S/C75H76Si/c1-51-50-75(10,59(9)52(51)2)76(72-53(3)66(41-60-29-17-11-18-30-60)47-67(54(72)4)42-61-31-19-12-20-32-61,73-55(5)68(43-62-33-21-13-22-34-62)48-69(56(73)6)44-63-35-23-14-24-36-63)74-57(7)70(45-64-37-25-15-26-38-64)49-71(58(74)8)46-65-39-27-16-28-40-65/h11-40,47-50H,41-46H2,1-10H3. The van der Waals surface area contributed by atoms with E-state index in [2.05, 4.69) is 276 Å². The highest BCUT2D eigenvalue weighted by Crippen LogP contribution is 2.55. The van der Waals surface area contributed by atoms with E-state index in [4.69, 9.17) is 0 Å². The Morgan fingerprint density at radius 2 is 0.487 bits per heavy atom. The number of hydrogen-bond acceptors (Lipinski definition) is 0. The maximum Gasteiger partial charge on any atom is 0.163 e. The van der Waals surface area contributed by atoms with Gasteiger partial charge in [0, 0.05) is 5.04 Å². The second-order valence-electron chi connectivity index (χ2n) is 22.5. The van der Waals surface area contributed by atoms with Crippen LogP contribution < -0.4 is 15.6 Å². The summed E-state index contributed by atoms with van der Waals surface area (Å²) in [6.07, 6.45) is 7.96. The Balaban J connectivity index is 1.46. The van der Waals surface area contributed by atoms with E-state index in [9.17, 15) is 0 Å². The first-order valence-electron chi connectivity index (χ1n) is 27.8. The van der Waals surface area contributed by atoms with Crippen LogP contribution in [0.1, 0.15) is 128 Å². The lowest BCUT2D eigenvalue weighted by Gasteiger charge is -2.52. The van der Waals surface area contributed by atoms with Crippen LogP contribution in [-0.2, 0) is 38.5 Å². The van der Waals surface area contributed by atoms with Gasteiger partial charge in [0.25, 0.3) is 0 Å². The summed E-state index contributed by atoms with van der Waals surface area (Å²) in [6, 6.07) is 75.3. The highest BCUT2D eigenvalue weighted by atomic mass is 28.3. The quantitative estimate of drug-likeness (QED) is 0.0668. The van der Waals surface area contributed by atoms with Gasteiger partial charge in [-0.25, -0.2) is 0 Å². The maximum absolute atomic E-state index is 3.55. The van der Waals surface area contributed by atoms with Crippen molar-refractivity contribution in [3.8, 4) is 0 Å². The van der Waals surface area contributed by atoms with Crippen LogP contribution in [0.15, 0.2) is 223 Å². The number of benzene rings is 9. The Morgan fingerprint density at radius 1 is 0.289 bits per heavy atom. The number of hydrogen-bond donors (Lipinski definition) is 0. The molecule has 0 aromatic heterocycles. The molecule has 0 fully saturated rings. The molecule has 0 saturated carbocycles. The average Bonchev–Trinajstić information content (AvgIpc) is 3.81. The zero-order valence-electron chi connectivity index (χ0n) is 46.9. The van der Waals surface area contributed by atoms with Crippen LogP contribution in [0, 0.1) is 41.5 Å². The molecule has 1 aliphatic carbocycles. The van der Waals surface area contributed by atoms with Crippen molar-refractivity contribution in [1.82, 2.24) is 0 Å². The smallest absolute Gasteiger partial charge is 0.0730 e. The van der Waals surface area contributed by atoms with Crippen molar-refractivity contribution >= 4 is 23.6 Å². The first-order valence-corrected chi connectivity index (χ1v) is 29.8. The Bertz CT molecular complexity index is 3050. The van der Waals surface area contributed by atoms with Crippen LogP contribution in [0.3, 0.4) is 0 Å². The molecule has 1 unspecified atom stereocenters. The fourth-order valence-electron chi connectivity index (χ4n) is 13.6. The molecule has 1 atom stereocenters. The second kappa shape index (κ2) is 22.1. The third-order valence-corrected chi connectivity index (χ3v) is 24.5. The fraction of sp³-hybridized carbons (Fsp3) is 0.227. The van der Waals surface area contributed by atoms with Crippen LogP contribution >= 0.6 is 0 Å². The lowest BCUT2D eigenvalue weighted by atomic mass is 9.91. The highest BCUT2D eigenvalue weighted by Gasteiger charge is 2.60. The first kappa shape index (κ1) is 52.1. The molecule has 76 heavy (non-hydrogen) atoms. The van der Waals surface area contributed by atoms with E-state index in [0.717, 1.165) is 38.5 Å². The fourth-order valence-corrected chi connectivity index (χ4v) is 21.5. The van der Waals surface area contributed by atoms with Crippen molar-refractivity contribution in [1.29, 1.82) is 0 Å². The van der Waals surface area contributed by atoms with Gasteiger partial charge in [0.2, 0.25) is 0 Å². The van der Waals surface area contributed by atoms with Gasteiger partial charge in [-0.1, -0.05) is 224 Å². The topological polar surface area (TPSA) is 0 Å². The molecule has 380 valence electrons. The molecule has 1 heteroatoms. The highest BCUT2D eigenvalue weighted by molar-refractivity contribution is 7.15. The normalized spacial score (nSPS) is 14.6. The van der Waals surface area contributed by atoms with Gasteiger partial charge in [-0.15, -0.1) is 0 Å². The molecule has 0 bridgehead atoms. The molecule has 0 N–H and O–H groups in total. The predicted molar refractivity (Wildman–Crippen MR) is 328 cm³/mol. The van der Waals surface area contributed by atoms with Crippen molar-refractivity contribution in [2.45, 2.75) is 113 Å². The molecule has 1 aliphatic rings. The summed E-state index contributed by atoms with van der Waals surface area (Å²) < 4.78 is 0. The van der Waals surface area contributed by atoms with Gasteiger partial charge in [0.1, 0.15) is 0 Å². The molecule has 0 spiro atoms. The summed E-state index contributed by atoms with van der Waals surface area (Å²) in [6.45, 7) is 25.2. The monoisotopic (exact) mass is 1000 g/mol. The molecule has 0 heterocycles. The Labute approximate surface area is 457 Å². The number of allylic oxidation sites excluding steroid dienone is 4. The van der Waals surface area contributed by atoms with Gasteiger partial charge < -0.3 is 0 Å². The van der Waals surface area contributed by atoms with Crippen LogP contribution in [0.2, 0.25) is 5.04 Å². The van der Waals surface area contributed by atoms with E-state index in [1.807, 2.05) is 0 Å². The van der Waals surface area contributed by atoms with Gasteiger partial charge in [-0.3, -0.25) is 0 Å². The molecule has 9 aromatic carbocycles. The van der Waals surface area contributed by atoms with Gasteiger partial charge in [-0.2, -0.15) is 0 Å². The summed E-state index contributed by atoms with van der Waals surface area (Å²) in [4.78, 5) is 0. The van der Waals surface area contributed by atoms with Gasteiger partial charge in [0.15, 0.2) is 8.07 Å². The van der Waals surface area contributed by atoms with Crippen LogP contribution in [0.4, 0.5) is 0 Å². The van der Waals surface area contributed by atoms with Crippen LogP contribution in [0.5, 0.6) is 0 Å². The van der Waals surface area contributed by atoms with E-state index >= 15 is 0 Å². The minimum absolute atomic E-state index is 0.387. The van der Waals surface area contributed by atoms with Crippen LogP contribution in [0.25, 0.3) is 0 Å². The third-order valence-electron chi connectivity index (χ3n) is 18.0. The molecule has 0 saturated heterocycles. The van der Waals surface area contributed by atoms with Gasteiger partial charge in [0.05, 0.1) is 0 Å². The minimum atomic E-state index is -3.55. The zero-order chi connectivity index (χ0) is 53.1. The summed E-state index contributed by atoms with van der Waals surface area (Å²) in [5, 5.41) is 4.39. The van der Waals surface area contributed by atoms with Crippen molar-refractivity contribution < 1.29 is 0 Å². The third kappa shape index (κ3) is 9.87. The first-order chi connectivity index (χ1) is 36.8. The van der Waals surface area contributed by atoms with Gasteiger partial charge >= 0.3 is 0 Å². The summed E-state index contributed by atoms with van der Waals surface area (Å²) in [5.41, 5.74) is 29.6.